The Hall–Kier alpha value is -2.07. The van der Waals surface area contributed by atoms with Crippen LogP contribution in [0.3, 0.4) is 0 Å². The van der Waals surface area contributed by atoms with E-state index in [9.17, 15) is 15.0 Å². The zero-order chi connectivity index (χ0) is 26.9. The summed E-state index contributed by atoms with van der Waals surface area (Å²) in [6.07, 6.45) is -3.62. The predicted octanol–water partition coefficient (Wildman–Crippen LogP) is 2.72. The van der Waals surface area contributed by atoms with E-state index in [0.717, 1.165) is 0 Å². The van der Waals surface area contributed by atoms with Crippen molar-refractivity contribution in [2.75, 3.05) is 27.6 Å². The van der Waals surface area contributed by atoms with Crippen molar-refractivity contribution in [3.05, 3.63) is 60.7 Å². The molecule has 7 nitrogen and oxygen atoms in total. The molecule has 0 aliphatic heterocycles. The van der Waals surface area contributed by atoms with Crippen LogP contribution in [0.25, 0.3) is 0 Å². The molecule has 0 aliphatic rings. The molecule has 2 aromatic carbocycles. The van der Waals surface area contributed by atoms with Crippen molar-refractivity contribution in [1.29, 1.82) is 0 Å². The number of benzene rings is 2. The van der Waals surface area contributed by atoms with Crippen molar-refractivity contribution in [2.45, 2.75) is 58.0 Å². The molecule has 0 amide bonds. The molecule has 5 atom stereocenters. The topological polar surface area (TPSA) is 94.5 Å². The summed E-state index contributed by atoms with van der Waals surface area (Å²) < 4.78 is 22.7. The van der Waals surface area contributed by atoms with Crippen molar-refractivity contribution in [3.8, 4) is 0 Å². The lowest BCUT2D eigenvalue weighted by Crippen LogP contribution is -2.67. The normalized spacial score (nSPS) is 16.6. The summed E-state index contributed by atoms with van der Waals surface area (Å²) in [5.41, 5.74) is 0. The van der Waals surface area contributed by atoms with Crippen molar-refractivity contribution < 1.29 is 33.6 Å². The highest BCUT2D eigenvalue weighted by Gasteiger charge is 2.50. The highest BCUT2D eigenvalue weighted by Crippen LogP contribution is 2.37. The van der Waals surface area contributed by atoms with E-state index in [1.54, 1.807) is 6.92 Å². The Morgan fingerprint density at radius 3 is 1.83 bits per heavy atom. The number of hydrogen-bond acceptors (Lipinski definition) is 7. The van der Waals surface area contributed by atoms with Gasteiger partial charge in [-0.15, -0.1) is 0 Å². The van der Waals surface area contributed by atoms with Gasteiger partial charge in [-0.25, -0.2) is 4.79 Å². The molecule has 0 unspecified atom stereocenters. The summed E-state index contributed by atoms with van der Waals surface area (Å²) in [6, 6.07) is 20.7. The Balaban J connectivity index is 2.42. The molecule has 2 aromatic rings. The van der Waals surface area contributed by atoms with E-state index in [1.165, 1.54) is 24.6 Å². The number of methoxy groups -OCH3 is 2. The van der Waals surface area contributed by atoms with Gasteiger partial charge in [-0.05, 0) is 15.4 Å². The summed E-state index contributed by atoms with van der Waals surface area (Å²) in [4.78, 5) is 11.8. The monoisotopic (exact) mass is 518 g/mol. The Kier molecular flexibility index (Phi) is 11.3. The van der Waals surface area contributed by atoms with E-state index < -0.39 is 38.5 Å². The van der Waals surface area contributed by atoms with E-state index in [-0.39, 0.29) is 17.7 Å². The van der Waals surface area contributed by atoms with E-state index in [4.69, 9.17) is 13.9 Å². The number of aliphatic hydroxyl groups excluding tert-OH is 2. The molecular formula is C28H42O7Si. The first-order chi connectivity index (χ1) is 17.0. The Morgan fingerprint density at radius 1 is 0.917 bits per heavy atom. The van der Waals surface area contributed by atoms with E-state index in [2.05, 4.69) is 49.8 Å². The fraction of sp³-hybridized carbons (Fsp3) is 0.536. The van der Waals surface area contributed by atoms with Gasteiger partial charge in [-0.1, -0.05) is 95.3 Å². The summed E-state index contributed by atoms with van der Waals surface area (Å²) in [5.74, 6) is -1.70. The SMILES string of the molecule is COCO[C@H]([C@@H](C)[C@H](O)[C@@H](O)C(=O)OC)[C@H](C)CO[Si](c1ccccc1)(c1ccccc1)C(C)(C)C. The first-order valence-electron chi connectivity index (χ1n) is 12.3. The summed E-state index contributed by atoms with van der Waals surface area (Å²) in [7, 11) is -0.0818. The molecule has 0 radical (unpaired) electrons. The maximum Gasteiger partial charge on any atom is 0.337 e. The average molecular weight is 519 g/mol. The molecule has 36 heavy (non-hydrogen) atoms. The van der Waals surface area contributed by atoms with Crippen LogP contribution in [0.1, 0.15) is 34.6 Å². The second-order valence-corrected chi connectivity index (χ2v) is 14.6. The third kappa shape index (κ3) is 6.82. The van der Waals surface area contributed by atoms with Crippen molar-refractivity contribution in [1.82, 2.24) is 0 Å². The van der Waals surface area contributed by atoms with Crippen molar-refractivity contribution >= 4 is 24.7 Å². The minimum absolute atomic E-state index is 0.000398. The number of rotatable bonds is 13. The fourth-order valence-corrected chi connectivity index (χ4v) is 9.50. The predicted molar refractivity (Wildman–Crippen MR) is 143 cm³/mol. The van der Waals surface area contributed by atoms with Gasteiger partial charge in [0.25, 0.3) is 8.32 Å². The third-order valence-corrected chi connectivity index (χ3v) is 11.7. The number of hydrogen-bond donors (Lipinski definition) is 2. The van der Waals surface area contributed by atoms with Crippen LogP contribution in [0.2, 0.25) is 5.04 Å². The minimum atomic E-state index is -2.77. The number of aliphatic hydroxyl groups is 2. The van der Waals surface area contributed by atoms with Crippen LogP contribution in [0.15, 0.2) is 60.7 Å². The molecule has 0 bridgehead atoms. The Bertz CT molecular complexity index is 877. The zero-order valence-electron chi connectivity index (χ0n) is 22.5. The molecule has 0 aromatic heterocycles. The van der Waals surface area contributed by atoms with Gasteiger partial charge < -0.3 is 28.8 Å². The van der Waals surface area contributed by atoms with Gasteiger partial charge in [0.1, 0.15) is 6.79 Å². The van der Waals surface area contributed by atoms with Crippen molar-refractivity contribution in [2.24, 2.45) is 11.8 Å². The minimum Gasteiger partial charge on any atom is -0.467 e. The largest absolute Gasteiger partial charge is 0.467 e. The van der Waals surface area contributed by atoms with Crippen molar-refractivity contribution in [3.63, 3.8) is 0 Å². The molecule has 0 saturated carbocycles. The molecule has 2 rings (SSSR count). The molecule has 0 heterocycles. The van der Waals surface area contributed by atoms with Crippen LogP contribution in [-0.4, -0.2) is 70.4 Å². The first kappa shape index (κ1) is 30.2. The van der Waals surface area contributed by atoms with Crippen LogP contribution < -0.4 is 10.4 Å². The lowest BCUT2D eigenvalue weighted by Gasteiger charge is -2.44. The van der Waals surface area contributed by atoms with Gasteiger partial charge in [0.2, 0.25) is 0 Å². The standard InChI is InChI=1S/C28H42O7Si/c1-20(26(34-19-32-6)21(2)24(29)25(30)27(31)33-7)18-35-36(28(3,4)5,22-14-10-8-11-15-22)23-16-12-9-13-17-23/h8-17,20-21,24-26,29-30H,18-19H2,1-7H3/t20-,21+,24+,25-,26+/m1/s1. The number of esters is 1. The Morgan fingerprint density at radius 2 is 1.42 bits per heavy atom. The fourth-order valence-electron chi connectivity index (χ4n) is 4.84. The van der Waals surface area contributed by atoms with Crippen LogP contribution in [0.5, 0.6) is 0 Å². The lowest BCUT2D eigenvalue weighted by atomic mass is 9.87. The second-order valence-electron chi connectivity index (χ2n) is 10.3. The maximum atomic E-state index is 11.8. The molecule has 0 spiro atoms. The molecule has 0 saturated heterocycles. The van der Waals surface area contributed by atoms with Gasteiger partial charge in [-0.2, -0.15) is 0 Å². The highest BCUT2D eigenvalue weighted by molar-refractivity contribution is 6.99. The van der Waals surface area contributed by atoms with Crippen LogP contribution in [0.4, 0.5) is 0 Å². The van der Waals surface area contributed by atoms with Crippen LogP contribution >= 0.6 is 0 Å². The smallest absolute Gasteiger partial charge is 0.337 e. The molecule has 8 heteroatoms. The molecular weight excluding hydrogens is 476 g/mol. The van der Waals surface area contributed by atoms with Gasteiger partial charge in [0, 0.05) is 25.6 Å². The van der Waals surface area contributed by atoms with E-state index in [0.29, 0.717) is 6.61 Å². The van der Waals surface area contributed by atoms with E-state index in [1.807, 2.05) is 43.3 Å². The van der Waals surface area contributed by atoms with Gasteiger partial charge in [0.15, 0.2) is 6.10 Å². The number of carbonyl (C=O) groups is 1. The summed E-state index contributed by atoms with van der Waals surface area (Å²) >= 11 is 0. The summed E-state index contributed by atoms with van der Waals surface area (Å²) in [5, 5.41) is 23.1. The van der Waals surface area contributed by atoms with Crippen LogP contribution in [-0.2, 0) is 23.4 Å². The number of ether oxygens (including phenoxy) is 3. The lowest BCUT2D eigenvalue weighted by molar-refractivity contribution is -0.168. The highest BCUT2D eigenvalue weighted by atomic mass is 28.4. The molecule has 200 valence electrons. The quantitative estimate of drug-likeness (QED) is 0.239. The average Bonchev–Trinajstić information content (AvgIpc) is 2.88. The summed E-state index contributed by atoms with van der Waals surface area (Å²) in [6.45, 7) is 10.7. The molecule has 2 N–H and O–H groups in total. The second kappa shape index (κ2) is 13.5. The van der Waals surface area contributed by atoms with Gasteiger partial charge in [-0.3, -0.25) is 0 Å². The molecule has 0 aliphatic carbocycles. The van der Waals surface area contributed by atoms with E-state index >= 15 is 0 Å². The van der Waals surface area contributed by atoms with Crippen LogP contribution in [0, 0.1) is 11.8 Å². The third-order valence-electron chi connectivity index (χ3n) is 6.74. The maximum absolute atomic E-state index is 11.8. The first-order valence-corrected chi connectivity index (χ1v) is 14.2. The van der Waals surface area contributed by atoms with Gasteiger partial charge in [0.05, 0.1) is 19.3 Å². The molecule has 0 fully saturated rings. The van der Waals surface area contributed by atoms with Gasteiger partial charge >= 0.3 is 5.97 Å². The number of carbonyl (C=O) groups excluding carboxylic acids is 1. The Labute approximate surface area is 216 Å². The zero-order valence-corrected chi connectivity index (χ0v) is 23.5.